The van der Waals surface area contributed by atoms with Crippen molar-refractivity contribution in [2.45, 2.75) is 6.54 Å². The summed E-state index contributed by atoms with van der Waals surface area (Å²) in [4.78, 5) is 17.5. The molecule has 110 valence electrons. The quantitative estimate of drug-likeness (QED) is 0.911. The van der Waals surface area contributed by atoms with Gasteiger partial charge in [0.05, 0.1) is 0 Å². The lowest BCUT2D eigenvalue weighted by Gasteiger charge is -2.12. The molecule has 0 radical (unpaired) electrons. The zero-order chi connectivity index (χ0) is 15.4. The number of aromatic hydroxyl groups is 1. The second kappa shape index (κ2) is 6.45. The maximum Gasteiger partial charge on any atom is 0.253 e. The van der Waals surface area contributed by atoms with Crippen LogP contribution in [0.2, 0.25) is 5.02 Å². The van der Waals surface area contributed by atoms with Crippen LogP contribution >= 0.6 is 11.6 Å². The second-order valence-corrected chi connectivity index (χ2v) is 5.13. The van der Waals surface area contributed by atoms with E-state index in [0.717, 1.165) is 0 Å². The monoisotopic (exact) mass is 305 g/mol. The smallest absolute Gasteiger partial charge is 0.253 e. The predicted molar refractivity (Wildman–Crippen MR) is 82.7 cm³/mol. The van der Waals surface area contributed by atoms with E-state index in [4.69, 9.17) is 11.6 Å². The molecular weight excluding hydrogens is 290 g/mol. The predicted octanol–water partition coefficient (Wildman–Crippen LogP) is 2.75. The number of carbonyl (C=O) groups excluding carboxylic acids is 1. The second-order valence-electron chi connectivity index (χ2n) is 4.72. The van der Waals surface area contributed by atoms with Gasteiger partial charge in [-0.1, -0.05) is 17.7 Å². The Morgan fingerprint density at radius 3 is 2.81 bits per heavy atom. The number of hydrogen-bond acceptors (Lipinski definition) is 4. The fraction of sp³-hybridized carbons (Fsp3) is 0.200. The Kier molecular flexibility index (Phi) is 4.65. The van der Waals surface area contributed by atoms with Gasteiger partial charge in [0.2, 0.25) is 0 Å². The lowest BCUT2D eigenvalue weighted by molar-refractivity contribution is 0.0827. The van der Waals surface area contributed by atoms with Gasteiger partial charge in [0.15, 0.2) is 0 Å². The van der Waals surface area contributed by atoms with Gasteiger partial charge in [0, 0.05) is 43.0 Å². The van der Waals surface area contributed by atoms with Gasteiger partial charge in [-0.25, -0.2) is 4.98 Å². The van der Waals surface area contributed by atoms with Crippen LogP contribution in [-0.4, -0.2) is 35.0 Å². The number of benzene rings is 1. The summed E-state index contributed by atoms with van der Waals surface area (Å²) >= 11 is 6.04. The summed E-state index contributed by atoms with van der Waals surface area (Å²) in [5.74, 6) is 0.568. The van der Waals surface area contributed by atoms with E-state index in [9.17, 15) is 9.90 Å². The number of nitrogens with one attached hydrogen (secondary N) is 1. The number of carbonyl (C=O) groups is 1. The van der Waals surface area contributed by atoms with Crippen LogP contribution in [0.1, 0.15) is 15.9 Å². The molecule has 0 spiro atoms. The first-order valence-electron chi connectivity index (χ1n) is 6.37. The molecule has 0 saturated heterocycles. The van der Waals surface area contributed by atoms with Crippen LogP contribution in [0.4, 0.5) is 5.82 Å². The molecule has 1 aromatic heterocycles. The van der Waals surface area contributed by atoms with Gasteiger partial charge in [-0.2, -0.15) is 0 Å². The number of halogens is 1. The highest BCUT2D eigenvalue weighted by Crippen LogP contribution is 2.25. The minimum absolute atomic E-state index is 0.0963. The van der Waals surface area contributed by atoms with Gasteiger partial charge < -0.3 is 15.3 Å². The summed E-state index contributed by atoms with van der Waals surface area (Å²) < 4.78 is 0. The molecular formula is C15H16ClN3O2. The average Bonchev–Trinajstić information content (AvgIpc) is 2.46. The summed E-state index contributed by atoms with van der Waals surface area (Å²) in [5, 5.41) is 13.3. The molecule has 2 N–H and O–H groups in total. The molecule has 1 amide bonds. The van der Waals surface area contributed by atoms with Gasteiger partial charge in [0.25, 0.3) is 5.91 Å². The van der Waals surface area contributed by atoms with Crippen molar-refractivity contribution < 1.29 is 9.90 Å². The molecule has 0 fully saturated rings. The van der Waals surface area contributed by atoms with E-state index in [2.05, 4.69) is 10.3 Å². The average molecular weight is 306 g/mol. The van der Waals surface area contributed by atoms with Crippen LogP contribution in [0, 0.1) is 0 Å². The van der Waals surface area contributed by atoms with Crippen LogP contribution in [0.15, 0.2) is 36.5 Å². The number of phenols is 1. The molecule has 0 atom stereocenters. The Morgan fingerprint density at radius 1 is 1.38 bits per heavy atom. The molecule has 0 saturated carbocycles. The lowest BCUT2D eigenvalue weighted by atomic mass is 10.2. The fourth-order valence-corrected chi connectivity index (χ4v) is 2.06. The van der Waals surface area contributed by atoms with E-state index < -0.39 is 0 Å². The summed E-state index contributed by atoms with van der Waals surface area (Å²) in [6, 6.07) is 8.27. The van der Waals surface area contributed by atoms with E-state index in [1.54, 1.807) is 50.6 Å². The van der Waals surface area contributed by atoms with Crippen molar-refractivity contribution in [2.24, 2.45) is 0 Å². The molecule has 0 bridgehead atoms. The summed E-state index contributed by atoms with van der Waals surface area (Å²) in [6.45, 7) is 0.318. The van der Waals surface area contributed by atoms with Gasteiger partial charge in [-0.3, -0.25) is 4.79 Å². The standard InChI is InChI=1S/C15H16ClN3O2/c1-19(2)15(21)10-6-7-17-14(8-10)18-9-11-12(16)4-3-5-13(11)20/h3-8,20H,9H2,1-2H3,(H,17,18). The van der Waals surface area contributed by atoms with Crippen molar-refractivity contribution in [3.8, 4) is 5.75 Å². The van der Waals surface area contributed by atoms with Crippen molar-refractivity contribution >= 4 is 23.3 Å². The minimum atomic E-state index is -0.0963. The number of nitrogens with zero attached hydrogens (tertiary/aromatic N) is 2. The normalized spacial score (nSPS) is 10.2. The molecule has 0 aliphatic rings. The van der Waals surface area contributed by atoms with Gasteiger partial charge in [-0.05, 0) is 24.3 Å². The third-order valence-corrected chi connectivity index (χ3v) is 3.31. The first-order chi connectivity index (χ1) is 9.99. The van der Waals surface area contributed by atoms with Crippen molar-refractivity contribution in [3.05, 3.63) is 52.7 Å². The van der Waals surface area contributed by atoms with Crippen LogP contribution < -0.4 is 5.32 Å². The molecule has 6 heteroatoms. The third kappa shape index (κ3) is 3.64. The Morgan fingerprint density at radius 2 is 2.14 bits per heavy atom. The molecule has 21 heavy (non-hydrogen) atoms. The first kappa shape index (κ1) is 15.1. The largest absolute Gasteiger partial charge is 0.508 e. The lowest BCUT2D eigenvalue weighted by Crippen LogP contribution is -2.21. The van der Waals surface area contributed by atoms with Crippen molar-refractivity contribution in [1.29, 1.82) is 0 Å². The number of pyridine rings is 1. The number of rotatable bonds is 4. The maximum absolute atomic E-state index is 11.9. The molecule has 0 aliphatic heterocycles. The zero-order valence-electron chi connectivity index (χ0n) is 11.8. The molecule has 2 aromatic rings. The van der Waals surface area contributed by atoms with E-state index in [1.165, 1.54) is 4.90 Å². The number of phenolic OH excluding ortho intramolecular Hbond substituents is 1. The number of amides is 1. The molecule has 5 nitrogen and oxygen atoms in total. The number of hydrogen-bond donors (Lipinski definition) is 2. The van der Waals surface area contributed by atoms with Crippen molar-refractivity contribution in [2.75, 3.05) is 19.4 Å². The Hall–Kier alpha value is -2.27. The van der Waals surface area contributed by atoms with E-state index in [-0.39, 0.29) is 11.7 Å². The first-order valence-corrected chi connectivity index (χ1v) is 6.74. The van der Waals surface area contributed by atoms with Crippen molar-refractivity contribution in [3.63, 3.8) is 0 Å². The van der Waals surface area contributed by atoms with E-state index in [1.807, 2.05) is 0 Å². The maximum atomic E-state index is 11.9. The number of aromatic nitrogens is 1. The minimum Gasteiger partial charge on any atom is -0.508 e. The molecule has 0 unspecified atom stereocenters. The summed E-state index contributed by atoms with van der Waals surface area (Å²) in [5.41, 5.74) is 1.13. The molecule has 2 rings (SSSR count). The van der Waals surface area contributed by atoms with E-state index in [0.29, 0.717) is 28.5 Å². The Balaban J connectivity index is 2.14. The number of anilines is 1. The highest BCUT2D eigenvalue weighted by atomic mass is 35.5. The van der Waals surface area contributed by atoms with E-state index >= 15 is 0 Å². The highest BCUT2D eigenvalue weighted by Gasteiger charge is 2.10. The van der Waals surface area contributed by atoms with Crippen LogP contribution in [0.25, 0.3) is 0 Å². The van der Waals surface area contributed by atoms with Crippen molar-refractivity contribution in [1.82, 2.24) is 9.88 Å². The molecule has 1 aromatic carbocycles. The van der Waals surface area contributed by atoms with Gasteiger partial charge in [-0.15, -0.1) is 0 Å². The Labute approximate surface area is 128 Å². The molecule has 0 aliphatic carbocycles. The SMILES string of the molecule is CN(C)C(=O)c1ccnc(NCc2c(O)cccc2Cl)c1. The van der Waals surface area contributed by atoms with Gasteiger partial charge in [0.1, 0.15) is 11.6 Å². The summed E-state index contributed by atoms with van der Waals surface area (Å²) in [6.07, 6.45) is 1.56. The summed E-state index contributed by atoms with van der Waals surface area (Å²) in [7, 11) is 3.38. The van der Waals surface area contributed by atoms with Crippen LogP contribution in [0.5, 0.6) is 5.75 Å². The molecule has 1 heterocycles. The zero-order valence-corrected chi connectivity index (χ0v) is 12.6. The van der Waals surface area contributed by atoms with Crippen LogP contribution in [-0.2, 0) is 6.54 Å². The highest BCUT2D eigenvalue weighted by molar-refractivity contribution is 6.31. The van der Waals surface area contributed by atoms with Crippen LogP contribution in [0.3, 0.4) is 0 Å². The Bertz CT molecular complexity index is 639. The van der Waals surface area contributed by atoms with Gasteiger partial charge >= 0.3 is 0 Å². The third-order valence-electron chi connectivity index (χ3n) is 2.95. The fourth-order valence-electron chi connectivity index (χ4n) is 1.82. The topological polar surface area (TPSA) is 65.5 Å².